The van der Waals surface area contributed by atoms with Gasteiger partial charge in [-0.1, -0.05) is 0 Å². The number of ether oxygens (including phenoxy) is 1. The maximum atomic E-state index is 12.5. The van der Waals surface area contributed by atoms with E-state index in [1.54, 1.807) is 27.7 Å². The van der Waals surface area contributed by atoms with E-state index in [2.05, 4.69) is 4.98 Å². The fraction of sp³-hybridized carbons (Fsp3) is 0.692. The molecule has 0 aliphatic carbocycles. The molecule has 0 fully saturated rings. The Hall–Kier alpha value is -1.21. The molecule has 0 aliphatic rings. The van der Waals surface area contributed by atoms with Crippen molar-refractivity contribution in [2.45, 2.75) is 46.4 Å². The van der Waals surface area contributed by atoms with Crippen molar-refractivity contribution in [1.29, 1.82) is 0 Å². The van der Waals surface area contributed by atoms with Gasteiger partial charge in [0.15, 0.2) is 0 Å². The van der Waals surface area contributed by atoms with Crippen molar-refractivity contribution in [2.24, 2.45) is 0 Å². The van der Waals surface area contributed by atoms with Gasteiger partial charge in [0.25, 0.3) is 5.56 Å². The van der Waals surface area contributed by atoms with Crippen LogP contribution in [0.5, 0.6) is 0 Å². The number of rotatable bonds is 9. The van der Waals surface area contributed by atoms with Gasteiger partial charge in [0.05, 0.1) is 25.4 Å². The van der Waals surface area contributed by atoms with Crippen LogP contribution in [0.15, 0.2) is 21.9 Å². The van der Waals surface area contributed by atoms with Crippen molar-refractivity contribution in [1.82, 2.24) is 9.55 Å². The lowest BCUT2D eigenvalue weighted by atomic mass is 10.5. The molecule has 1 aromatic heterocycles. The molecule has 1 aromatic rings. The van der Waals surface area contributed by atoms with Crippen LogP contribution in [0.4, 0.5) is 0 Å². The molecule has 0 saturated heterocycles. The molecule has 0 spiro atoms. The Balaban J connectivity index is 2.54. The van der Waals surface area contributed by atoms with Crippen molar-refractivity contribution in [3.05, 3.63) is 33.1 Å². The molecule has 0 aliphatic heterocycles. The predicted molar refractivity (Wildman–Crippen MR) is 82.2 cm³/mol. The minimum Gasteiger partial charge on any atom is -0.367 e. The quantitative estimate of drug-likeness (QED) is 0.543. The van der Waals surface area contributed by atoms with Gasteiger partial charge in [-0.15, -0.1) is 0 Å². The molecule has 1 rings (SSSR count). The van der Waals surface area contributed by atoms with Crippen LogP contribution in [-0.2, 0) is 24.9 Å². The number of nitrogens with one attached hydrogen (secondary N) is 1. The van der Waals surface area contributed by atoms with Gasteiger partial charge in [-0.3, -0.25) is 18.9 Å². The van der Waals surface area contributed by atoms with E-state index < -0.39 is 18.8 Å². The molecule has 0 amide bonds. The van der Waals surface area contributed by atoms with Crippen LogP contribution >= 0.6 is 7.60 Å². The fourth-order valence-electron chi connectivity index (χ4n) is 1.69. The third-order valence-electron chi connectivity index (χ3n) is 2.37. The van der Waals surface area contributed by atoms with Gasteiger partial charge < -0.3 is 13.8 Å². The molecule has 0 saturated carbocycles. The molecule has 0 radical (unpaired) electrons. The largest absolute Gasteiger partial charge is 0.367 e. The summed E-state index contributed by atoms with van der Waals surface area (Å²) < 4.78 is 29.8. The molecule has 9 heteroatoms. The van der Waals surface area contributed by atoms with E-state index >= 15 is 0 Å². The van der Waals surface area contributed by atoms with E-state index in [-0.39, 0.29) is 31.7 Å². The second kappa shape index (κ2) is 8.43. The second-order valence-electron chi connectivity index (χ2n) is 5.26. The summed E-state index contributed by atoms with van der Waals surface area (Å²) in [4.78, 5) is 24.5. The molecular formula is C13H23N2O6P. The minimum absolute atomic E-state index is 0.138. The van der Waals surface area contributed by atoms with Crippen molar-refractivity contribution in [2.75, 3.05) is 13.0 Å². The van der Waals surface area contributed by atoms with Gasteiger partial charge in [0.1, 0.15) is 6.35 Å². The Morgan fingerprint density at radius 1 is 1.18 bits per heavy atom. The lowest BCUT2D eigenvalue weighted by Crippen LogP contribution is -2.29. The van der Waals surface area contributed by atoms with Crippen molar-refractivity contribution < 1.29 is 18.3 Å². The molecule has 0 atom stereocenters. The number of hydrogen-bond donors (Lipinski definition) is 1. The smallest absolute Gasteiger partial charge is 0.356 e. The van der Waals surface area contributed by atoms with Crippen LogP contribution in [0.3, 0.4) is 0 Å². The first-order valence-corrected chi connectivity index (χ1v) is 8.78. The molecule has 0 unspecified atom stereocenters. The molecule has 126 valence electrons. The summed E-state index contributed by atoms with van der Waals surface area (Å²) in [6.07, 6.45) is 0.672. The van der Waals surface area contributed by atoms with Gasteiger partial charge in [0, 0.05) is 12.3 Å². The first-order chi connectivity index (χ1) is 10.2. The van der Waals surface area contributed by atoms with Crippen LogP contribution in [0.25, 0.3) is 0 Å². The number of aromatic amines is 1. The lowest BCUT2D eigenvalue weighted by molar-refractivity contribution is 0.0955. The minimum atomic E-state index is -3.34. The van der Waals surface area contributed by atoms with E-state index in [9.17, 15) is 14.2 Å². The Morgan fingerprint density at radius 3 is 2.27 bits per heavy atom. The Morgan fingerprint density at radius 2 is 1.77 bits per heavy atom. The van der Waals surface area contributed by atoms with Crippen molar-refractivity contribution in [3.63, 3.8) is 0 Å². The summed E-state index contributed by atoms with van der Waals surface area (Å²) in [7, 11) is -3.34. The highest BCUT2D eigenvalue weighted by Crippen LogP contribution is 2.50. The number of aromatic nitrogens is 2. The van der Waals surface area contributed by atoms with Gasteiger partial charge in [-0.25, -0.2) is 4.79 Å². The predicted octanol–water partition coefficient (Wildman–Crippen LogP) is 1.55. The Labute approximate surface area is 128 Å². The highest BCUT2D eigenvalue weighted by Gasteiger charge is 2.28. The topological polar surface area (TPSA) is 99.6 Å². The van der Waals surface area contributed by atoms with Crippen LogP contribution in [0, 0.1) is 0 Å². The third-order valence-corrected chi connectivity index (χ3v) is 4.35. The summed E-state index contributed by atoms with van der Waals surface area (Å²) in [6.45, 7) is 7.40. The highest BCUT2D eigenvalue weighted by molar-refractivity contribution is 7.53. The summed E-state index contributed by atoms with van der Waals surface area (Å²) in [6, 6.07) is 1.25. The van der Waals surface area contributed by atoms with Crippen LogP contribution < -0.4 is 11.2 Å². The zero-order valence-corrected chi connectivity index (χ0v) is 14.2. The molecule has 1 heterocycles. The lowest BCUT2D eigenvalue weighted by Gasteiger charge is -2.22. The first kappa shape index (κ1) is 18.8. The second-order valence-corrected chi connectivity index (χ2v) is 7.16. The normalized spacial score (nSPS) is 12.3. The van der Waals surface area contributed by atoms with Crippen LogP contribution in [0.1, 0.15) is 27.7 Å². The molecule has 8 nitrogen and oxygen atoms in total. The van der Waals surface area contributed by atoms with Gasteiger partial charge in [0.2, 0.25) is 0 Å². The summed E-state index contributed by atoms with van der Waals surface area (Å²) in [5, 5.41) is 0. The summed E-state index contributed by atoms with van der Waals surface area (Å²) in [5.41, 5.74) is -0.974. The maximum absolute atomic E-state index is 12.5. The number of H-pyrrole nitrogens is 1. The SMILES string of the molecule is CC(C)OP(=O)(COCCn1ccc(=O)[nH]c1=O)OC(C)C. The van der Waals surface area contributed by atoms with E-state index in [1.165, 1.54) is 16.8 Å². The van der Waals surface area contributed by atoms with E-state index in [4.69, 9.17) is 13.8 Å². The third kappa shape index (κ3) is 6.70. The fourth-order valence-corrected chi connectivity index (χ4v) is 3.50. The van der Waals surface area contributed by atoms with Crippen molar-refractivity contribution in [3.8, 4) is 0 Å². The van der Waals surface area contributed by atoms with Crippen molar-refractivity contribution >= 4 is 7.60 Å². The molecule has 1 N–H and O–H groups in total. The van der Waals surface area contributed by atoms with E-state index in [1.807, 2.05) is 0 Å². The molecule has 0 aromatic carbocycles. The Bertz CT molecular complexity index is 607. The van der Waals surface area contributed by atoms with Gasteiger partial charge in [-0.05, 0) is 27.7 Å². The molecule has 0 bridgehead atoms. The monoisotopic (exact) mass is 334 g/mol. The van der Waals surface area contributed by atoms with Crippen LogP contribution in [-0.4, -0.2) is 34.7 Å². The zero-order chi connectivity index (χ0) is 16.8. The highest BCUT2D eigenvalue weighted by atomic mass is 31.2. The molecule has 22 heavy (non-hydrogen) atoms. The standard InChI is InChI=1S/C13H23N2O6P/c1-10(2)20-22(18,21-11(3)4)9-19-8-7-15-6-5-12(16)14-13(15)17/h5-6,10-11H,7-9H2,1-4H3,(H,14,16,17). The zero-order valence-electron chi connectivity index (χ0n) is 13.3. The average molecular weight is 334 g/mol. The van der Waals surface area contributed by atoms with Gasteiger partial charge in [-0.2, -0.15) is 0 Å². The molecular weight excluding hydrogens is 311 g/mol. The van der Waals surface area contributed by atoms with E-state index in [0.29, 0.717) is 0 Å². The first-order valence-electron chi connectivity index (χ1n) is 7.05. The van der Waals surface area contributed by atoms with Crippen LogP contribution in [0.2, 0.25) is 0 Å². The Kier molecular flexibility index (Phi) is 7.22. The number of nitrogens with zero attached hydrogens (tertiary/aromatic N) is 1. The van der Waals surface area contributed by atoms with Gasteiger partial charge >= 0.3 is 13.3 Å². The average Bonchev–Trinajstić information content (AvgIpc) is 2.34. The maximum Gasteiger partial charge on any atom is 0.356 e. The van der Waals surface area contributed by atoms with E-state index in [0.717, 1.165) is 0 Å². The summed E-state index contributed by atoms with van der Waals surface area (Å²) >= 11 is 0. The summed E-state index contributed by atoms with van der Waals surface area (Å²) in [5.74, 6) is 0. The number of hydrogen-bond acceptors (Lipinski definition) is 6.